The van der Waals surface area contributed by atoms with Gasteiger partial charge in [0.05, 0.1) is 0 Å². The van der Waals surface area contributed by atoms with Crippen LogP contribution in [-0.2, 0) is 9.59 Å². The van der Waals surface area contributed by atoms with E-state index in [4.69, 9.17) is 10.2 Å². The molecule has 0 atom stereocenters. The van der Waals surface area contributed by atoms with Gasteiger partial charge in [-0.05, 0) is 33.9 Å². The van der Waals surface area contributed by atoms with Crippen LogP contribution in [0.4, 0.5) is 0 Å². The lowest BCUT2D eigenvalue weighted by Gasteiger charge is -2.09. The van der Waals surface area contributed by atoms with Crippen molar-refractivity contribution >= 4 is 48.4 Å². The van der Waals surface area contributed by atoms with Crippen LogP contribution in [0.15, 0.2) is 115 Å². The molecule has 0 unspecified atom stereocenters. The first-order valence-corrected chi connectivity index (χ1v) is 12.1. The standard InChI is InChI=1S/C30H24O.C4H4O4/c31-30-23-20-27(19-16-24-10-4-1-5-11-24)28(21-17-25-12-6-2-7-13-25)29(30)22-18-26-14-8-3-9-15-26;5-3(6)1-2-4(7)8/h1-23,31H;1-2H,(H,5,6)(H,7,8). The van der Waals surface area contributed by atoms with E-state index in [2.05, 4.69) is 48.6 Å². The van der Waals surface area contributed by atoms with Gasteiger partial charge < -0.3 is 15.3 Å². The van der Waals surface area contributed by atoms with E-state index in [1.54, 1.807) is 6.07 Å². The van der Waals surface area contributed by atoms with Gasteiger partial charge in [-0.15, -0.1) is 0 Å². The lowest BCUT2D eigenvalue weighted by atomic mass is 9.96. The van der Waals surface area contributed by atoms with Crippen molar-refractivity contribution < 1.29 is 24.9 Å². The molecule has 5 heteroatoms. The highest BCUT2D eigenvalue weighted by molar-refractivity contribution is 5.90. The second-order valence-electron chi connectivity index (χ2n) is 8.24. The molecule has 0 saturated carbocycles. The second kappa shape index (κ2) is 15.0. The topological polar surface area (TPSA) is 94.8 Å². The van der Waals surface area contributed by atoms with E-state index in [1.807, 2.05) is 84.9 Å². The summed E-state index contributed by atoms with van der Waals surface area (Å²) in [6.07, 6.45) is 13.5. The molecule has 0 fully saturated rings. The predicted molar refractivity (Wildman–Crippen MR) is 159 cm³/mol. The molecular formula is C34H28O5. The molecule has 0 amide bonds. The molecule has 3 N–H and O–H groups in total. The molecule has 0 spiro atoms. The van der Waals surface area contributed by atoms with E-state index >= 15 is 0 Å². The van der Waals surface area contributed by atoms with Gasteiger partial charge in [0, 0.05) is 17.7 Å². The van der Waals surface area contributed by atoms with Crippen molar-refractivity contribution in [2.45, 2.75) is 0 Å². The Morgan fingerprint density at radius 2 is 0.846 bits per heavy atom. The first kappa shape index (κ1) is 28.2. The van der Waals surface area contributed by atoms with Crippen LogP contribution in [0.1, 0.15) is 33.4 Å². The number of benzene rings is 4. The molecule has 0 radical (unpaired) electrons. The van der Waals surface area contributed by atoms with E-state index in [-0.39, 0.29) is 5.75 Å². The molecule has 194 valence electrons. The highest BCUT2D eigenvalue weighted by atomic mass is 16.4. The van der Waals surface area contributed by atoms with Crippen LogP contribution in [-0.4, -0.2) is 27.3 Å². The lowest BCUT2D eigenvalue weighted by Crippen LogP contribution is -1.91. The minimum absolute atomic E-state index is 0.261. The van der Waals surface area contributed by atoms with Crippen LogP contribution in [0.3, 0.4) is 0 Å². The molecule has 0 bridgehead atoms. The van der Waals surface area contributed by atoms with Crippen molar-refractivity contribution in [2.75, 3.05) is 0 Å². The fraction of sp³-hybridized carbons (Fsp3) is 0. The fourth-order valence-corrected chi connectivity index (χ4v) is 3.53. The predicted octanol–water partition coefficient (Wildman–Crippen LogP) is 7.62. The van der Waals surface area contributed by atoms with E-state index < -0.39 is 11.9 Å². The summed E-state index contributed by atoms with van der Waals surface area (Å²) < 4.78 is 0. The Bertz CT molecular complexity index is 1470. The number of rotatable bonds is 8. The summed E-state index contributed by atoms with van der Waals surface area (Å²) >= 11 is 0. The third-order valence-electron chi connectivity index (χ3n) is 5.41. The van der Waals surface area contributed by atoms with Crippen LogP contribution >= 0.6 is 0 Å². The number of phenolic OH excluding ortho intramolecular Hbond substituents is 1. The van der Waals surface area contributed by atoms with Gasteiger partial charge in [0.25, 0.3) is 0 Å². The maximum Gasteiger partial charge on any atom is 0.328 e. The van der Waals surface area contributed by atoms with Crippen LogP contribution < -0.4 is 0 Å². The summed E-state index contributed by atoms with van der Waals surface area (Å²) in [5.74, 6) is -2.25. The first-order valence-electron chi connectivity index (χ1n) is 12.1. The van der Waals surface area contributed by atoms with Gasteiger partial charge in [0.15, 0.2) is 0 Å². The average molecular weight is 517 g/mol. The normalized spacial score (nSPS) is 11.2. The summed E-state index contributed by atoms with van der Waals surface area (Å²) in [6.45, 7) is 0. The summed E-state index contributed by atoms with van der Waals surface area (Å²) in [5, 5.41) is 26.3. The quantitative estimate of drug-likeness (QED) is 0.165. The van der Waals surface area contributed by atoms with Crippen molar-refractivity contribution in [2.24, 2.45) is 0 Å². The molecule has 39 heavy (non-hydrogen) atoms. The number of hydrogen-bond acceptors (Lipinski definition) is 3. The van der Waals surface area contributed by atoms with E-state index in [1.165, 1.54) is 0 Å². The zero-order valence-corrected chi connectivity index (χ0v) is 21.1. The van der Waals surface area contributed by atoms with Gasteiger partial charge in [-0.25, -0.2) is 9.59 Å². The van der Waals surface area contributed by atoms with Crippen molar-refractivity contribution in [1.29, 1.82) is 0 Å². The number of hydrogen-bond donors (Lipinski definition) is 3. The zero-order chi connectivity index (χ0) is 27.9. The van der Waals surface area contributed by atoms with Crippen LogP contribution in [0.5, 0.6) is 5.75 Å². The van der Waals surface area contributed by atoms with Gasteiger partial charge >= 0.3 is 11.9 Å². The summed E-state index contributed by atoms with van der Waals surface area (Å²) in [7, 11) is 0. The summed E-state index contributed by atoms with van der Waals surface area (Å²) in [4.78, 5) is 19.1. The van der Waals surface area contributed by atoms with Crippen LogP contribution in [0.25, 0.3) is 36.5 Å². The maximum atomic E-state index is 10.7. The molecule has 0 aromatic heterocycles. The van der Waals surface area contributed by atoms with Gasteiger partial charge in [-0.2, -0.15) is 0 Å². The van der Waals surface area contributed by atoms with Gasteiger partial charge in [0.1, 0.15) is 5.75 Å². The molecule has 5 nitrogen and oxygen atoms in total. The van der Waals surface area contributed by atoms with Crippen LogP contribution in [0, 0.1) is 0 Å². The number of aromatic hydroxyl groups is 1. The Labute approximate surface area is 227 Å². The zero-order valence-electron chi connectivity index (χ0n) is 21.1. The van der Waals surface area contributed by atoms with E-state index in [9.17, 15) is 14.7 Å². The molecule has 4 rings (SSSR count). The third-order valence-corrected chi connectivity index (χ3v) is 5.41. The fourth-order valence-electron chi connectivity index (χ4n) is 3.53. The number of carbonyl (C=O) groups is 2. The van der Waals surface area contributed by atoms with Gasteiger partial charge in [-0.1, -0.05) is 134 Å². The molecule has 0 aliphatic rings. The molecule has 0 aliphatic carbocycles. The highest BCUT2D eigenvalue weighted by Crippen LogP contribution is 2.30. The molecule has 0 heterocycles. The number of carboxylic acid groups (broad SMARTS) is 2. The minimum atomic E-state index is -1.26. The molecule has 0 aliphatic heterocycles. The van der Waals surface area contributed by atoms with Crippen molar-refractivity contribution in [3.63, 3.8) is 0 Å². The minimum Gasteiger partial charge on any atom is -0.507 e. The first-order chi connectivity index (χ1) is 18.9. The highest BCUT2D eigenvalue weighted by Gasteiger charge is 2.08. The second-order valence-corrected chi connectivity index (χ2v) is 8.24. The summed E-state index contributed by atoms with van der Waals surface area (Å²) in [5.41, 5.74) is 6.15. The largest absolute Gasteiger partial charge is 0.507 e. The number of carboxylic acids is 2. The van der Waals surface area contributed by atoms with Gasteiger partial charge in [-0.3, -0.25) is 0 Å². The summed E-state index contributed by atoms with van der Waals surface area (Å²) in [6, 6.07) is 34.2. The Morgan fingerprint density at radius 1 is 0.462 bits per heavy atom. The van der Waals surface area contributed by atoms with Crippen LogP contribution in [0.2, 0.25) is 0 Å². The van der Waals surface area contributed by atoms with E-state index in [0.717, 1.165) is 33.4 Å². The Morgan fingerprint density at radius 3 is 1.26 bits per heavy atom. The molecule has 4 aromatic carbocycles. The SMILES string of the molecule is O=C(O)C=CC(=O)O.Oc1ccc(C=Cc2ccccc2)c(C=Cc2ccccc2)c1C=Cc1ccccc1. The number of phenols is 1. The third kappa shape index (κ3) is 9.86. The Hall–Kier alpha value is -5.42. The Kier molecular flexibility index (Phi) is 10.8. The van der Waals surface area contributed by atoms with Gasteiger partial charge in [0.2, 0.25) is 0 Å². The van der Waals surface area contributed by atoms with Crippen molar-refractivity contribution in [1.82, 2.24) is 0 Å². The van der Waals surface area contributed by atoms with Crippen molar-refractivity contribution in [3.05, 3.63) is 149 Å². The molecular weight excluding hydrogens is 488 g/mol. The van der Waals surface area contributed by atoms with E-state index in [0.29, 0.717) is 12.2 Å². The van der Waals surface area contributed by atoms with Crippen molar-refractivity contribution in [3.8, 4) is 5.75 Å². The molecule has 4 aromatic rings. The smallest absolute Gasteiger partial charge is 0.328 e. The lowest BCUT2D eigenvalue weighted by molar-refractivity contribution is -0.134. The molecule has 0 saturated heterocycles. The Balaban J connectivity index is 0.000000459. The number of aliphatic carboxylic acids is 2. The maximum absolute atomic E-state index is 10.7. The monoisotopic (exact) mass is 516 g/mol. The average Bonchev–Trinajstić information content (AvgIpc) is 2.96.